The number of aromatic nitrogens is 2. The van der Waals surface area contributed by atoms with Crippen LogP contribution < -0.4 is 5.32 Å². The zero-order valence-electron chi connectivity index (χ0n) is 13.5. The minimum atomic E-state index is -5.00. The van der Waals surface area contributed by atoms with Crippen LogP contribution in [0.15, 0.2) is 28.7 Å². The highest BCUT2D eigenvalue weighted by atomic mass is 19.4. The molecule has 0 spiro atoms. The lowest BCUT2D eigenvalue weighted by atomic mass is 10.2. The third kappa shape index (κ3) is 6.67. The Morgan fingerprint density at radius 3 is 2.35 bits per heavy atom. The maximum atomic E-state index is 12.8. The molecule has 11 heteroatoms. The van der Waals surface area contributed by atoms with Gasteiger partial charge in [0.05, 0.1) is 6.54 Å². The maximum absolute atomic E-state index is 12.8. The molecule has 0 atom stereocenters. The summed E-state index contributed by atoms with van der Waals surface area (Å²) < 4.78 is 48.0. The van der Waals surface area contributed by atoms with Crippen molar-refractivity contribution in [1.29, 1.82) is 0 Å². The maximum Gasteiger partial charge on any atom is 0.519 e. The summed E-state index contributed by atoms with van der Waals surface area (Å²) in [5, 5.41) is 17.0. The second-order valence-electron chi connectivity index (χ2n) is 5.33. The summed E-state index contributed by atoms with van der Waals surface area (Å²) >= 11 is 0. The lowest BCUT2D eigenvalue weighted by Crippen LogP contribution is -2.33. The summed E-state index contributed by atoms with van der Waals surface area (Å²) in [5.74, 6) is -0.0204. The van der Waals surface area contributed by atoms with Crippen LogP contribution >= 0.6 is 0 Å². The zero-order chi connectivity index (χ0) is 19.2. The molecule has 7 nitrogen and oxygen atoms in total. The molecule has 1 fully saturated rings. The third-order valence-corrected chi connectivity index (χ3v) is 3.37. The van der Waals surface area contributed by atoms with Crippen molar-refractivity contribution in [3.05, 3.63) is 30.1 Å². The van der Waals surface area contributed by atoms with Crippen LogP contribution in [0.3, 0.4) is 0 Å². The molecule has 1 aromatic heterocycles. The van der Waals surface area contributed by atoms with Crippen LogP contribution in [0.25, 0.3) is 11.5 Å². The van der Waals surface area contributed by atoms with Crippen LogP contribution in [-0.4, -0.2) is 52.1 Å². The van der Waals surface area contributed by atoms with Gasteiger partial charge in [-0.1, -0.05) is 5.10 Å². The number of nitrogens with one attached hydrogen (secondary N) is 1. The van der Waals surface area contributed by atoms with Gasteiger partial charge < -0.3 is 19.7 Å². The molecular formula is C15H16F4N4O3. The number of amides is 1. The van der Waals surface area contributed by atoms with Crippen LogP contribution in [0.1, 0.15) is 12.8 Å². The van der Waals surface area contributed by atoms with Crippen molar-refractivity contribution in [2.45, 2.75) is 19.2 Å². The molecule has 0 saturated carbocycles. The highest BCUT2D eigenvalue weighted by Gasteiger charge is 2.20. The van der Waals surface area contributed by atoms with E-state index >= 15 is 0 Å². The Bertz CT molecular complexity index is 706. The Morgan fingerprint density at radius 1 is 1.19 bits per heavy atom. The van der Waals surface area contributed by atoms with Gasteiger partial charge in [-0.3, -0.25) is 4.79 Å². The number of aliphatic hydroxyl groups is 1. The van der Waals surface area contributed by atoms with E-state index in [2.05, 4.69) is 15.5 Å². The first-order valence-corrected chi connectivity index (χ1v) is 7.62. The van der Waals surface area contributed by atoms with Crippen molar-refractivity contribution in [2.24, 2.45) is 0 Å². The van der Waals surface area contributed by atoms with E-state index in [-0.39, 0.29) is 30.2 Å². The Morgan fingerprint density at radius 2 is 1.77 bits per heavy atom. The van der Waals surface area contributed by atoms with Gasteiger partial charge in [0.25, 0.3) is 0 Å². The summed E-state index contributed by atoms with van der Waals surface area (Å²) in [6.45, 7) is 1.75. The summed E-state index contributed by atoms with van der Waals surface area (Å²) in [6.07, 6.45) is -2.89. The van der Waals surface area contributed by atoms with Crippen molar-refractivity contribution >= 4 is 11.9 Å². The van der Waals surface area contributed by atoms with E-state index in [1.165, 1.54) is 12.1 Å². The molecule has 2 aromatic rings. The number of halogens is 4. The van der Waals surface area contributed by atoms with Crippen LogP contribution in [0, 0.1) is 5.82 Å². The van der Waals surface area contributed by atoms with Crippen molar-refractivity contribution in [3.63, 3.8) is 0 Å². The fourth-order valence-corrected chi connectivity index (χ4v) is 2.23. The lowest BCUT2D eigenvalue weighted by Gasteiger charge is -2.14. The number of rotatable bonds is 4. The van der Waals surface area contributed by atoms with Gasteiger partial charge in [-0.05, 0) is 37.1 Å². The average molecular weight is 376 g/mol. The van der Waals surface area contributed by atoms with Gasteiger partial charge in [-0.2, -0.15) is 0 Å². The fraction of sp³-hybridized carbons (Fsp3) is 0.400. The first kappa shape index (κ1) is 19.6. The zero-order valence-corrected chi connectivity index (χ0v) is 13.5. The molecule has 0 aliphatic carbocycles. The molecule has 26 heavy (non-hydrogen) atoms. The number of hydrogen-bond acceptors (Lipinski definition) is 6. The SMILES string of the molecule is O=C(CNc1nnc(-c2ccc(F)cc2)o1)N1CCCC1.OC(F)(F)F. The predicted octanol–water partition coefficient (Wildman–Crippen LogP) is 2.41. The second kappa shape index (κ2) is 8.61. The van der Waals surface area contributed by atoms with E-state index in [0.717, 1.165) is 25.9 Å². The second-order valence-corrected chi connectivity index (χ2v) is 5.33. The van der Waals surface area contributed by atoms with E-state index in [0.29, 0.717) is 5.56 Å². The van der Waals surface area contributed by atoms with Crippen LogP contribution in [-0.2, 0) is 4.79 Å². The summed E-state index contributed by atoms with van der Waals surface area (Å²) in [5.41, 5.74) is 0.628. The molecule has 1 saturated heterocycles. The lowest BCUT2D eigenvalue weighted by molar-refractivity contribution is -0.295. The van der Waals surface area contributed by atoms with E-state index in [1.54, 1.807) is 12.1 Å². The Labute approximate surface area is 145 Å². The summed E-state index contributed by atoms with van der Waals surface area (Å²) in [7, 11) is 0. The molecule has 0 unspecified atom stereocenters. The standard InChI is InChI=1S/C14H15FN4O2.CHF3O/c15-11-5-3-10(4-6-11)13-17-18-14(21-13)16-9-12(20)19-7-1-2-8-19;2-1(3,4)5/h3-6H,1-2,7-9H2,(H,16,18);5H. The van der Waals surface area contributed by atoms with Crippen LogP contribution in [0.2, 0.25) is 0 Å². The largest absolute Gasteiger partial charge is 0.519 e. The van der Waals surface area contributed by atoms with Gasteiger partial charge in [0.2, 0.25) is 11.8 Å². The smallest absolute Gasteiger partial charge is 0.403 e. The molecule has 1 aliphatic heterocycles. The Kier molecular flexibility index (Phi) is 6.50. The first-order valence-electron chi connectivity index (χ1n) is 7.62. The number of likely N-dealkylation sites (tertiary alicyclic amines) is 1. The fourth-order valence-electron chi connectivity index (χ4n) is 2.23. The van der Waals surface area contributed by atoms with Gasteiger partial charge in [0, 0.05) is 18.7 Å². The minimum absolute atomic E-state index is 0.0223. The first-order chi connectivity index (χ1) is 12.2. The van der Waals surface area contributed by atoms with E-state index in [1.807, 2.05) is 4.90 Å². The van der Waals surface area contributed by atoms with Crippen LogP contribution in [0.4, 0.5) is 23.6 Å². The Balaban J connectivity index is 0.000000431. The average Bonchev–Trinajstić information content (AvgIpc) is 3.24. The quantitative estimate of drug-likeness (QED) is 0.797. The van der Waals surface area contributed by atoms with Crippen molar-refractivity contribution < 1.29 is 31.9 Å². The van der Waals surface area contributed by atoms with Crippen LogP contribution in [0.5, 0.6) is 0 Å². The van der Waals surface area contributed by atoms with Gasteiger partial charge in [-0.25, -0.2) is 4.39 Å². The molecule has 142 valence electrons. The third-order valence-electron chi connectivity index (χ3n) is 3.37. The number of nitrogens with zero attached hydrogens (tertiary/aromatic N) is 3. The number of anilines is 1. The molecule has 1 amide bonds. The van der Waals surface area contributed by atoms with Crippen molar-refractivity contribution in [3.8, 4) is 11.5 Å². The number of alkyl halides is 3. The molecule has 0 radical (unpaired) electrons. The molecule has 0 bridgehead atoms. The summed E-state index contributed by atoms with van der Waals surface area (Å²) in [4.78, 5) is 13.7. The highest BCUT2D eigenvalue weighted by molar-refractivity contribution is 5.80. The van der Waals surface area contributed by atoms with Gasteiger partial charge in [0.1, 0.15) is 5.82 Å². The monoisotopic (exact) mass is 376 g/mol. The van der Waals surface area contributed by atoms with Crippen molar-refractivity contribution in [1.82, 2.24) is 15.1 Å². The number of carbonyl (C=O) groups is 1. The number of hydrogen-bond donors (Lipinski definition) is 2. The minimum Gasteiger partial charge on any atom is -0.403 e. The number of benzene rings is 1. The summed E-state index contributed by atoms with van der Waals surface area (Å²) in [6, 6.07) is 5.94. The molecule has 1 aromatic carbocycles. The molecular weight excluding hydrogens is 360 g/mol. The molecule has 3 rings (SSSR count). The van der Waals surface area contributed by atoms with Gasteiger partial charge in [0.15, 0.2) is 0 Å². The predicted molar refractivity (Wildman–Crippen MR) is 82.3 cm³/mol. The Hall–Kier alpha value is -2.69. The van der Waals surface area contributed by atoms with E-state index in [4.69, 9.17) is 9.52 Å². The topological polar surface area (TPSA) is 91.5 Å². The van der Waals surface area contributed by atoms with E-state index < -0.39 is 6.36 Å². The van der Waals surface area contributed by atoms with Crippen molar-refractivity contribution in [2.75, 3.05) is 25.0 Å². The normalized spacial score (nSPS) is 14.0. The van der Waals surface area contributed by atoms with E-state index in [9.17, 15) is 22.4 Å². The highest BCUT2D eigenvalue weighted by Crippen LogP contribution is 2.20. The number of carbonyl (C=O) groups excluding carboxylic acids is 1. The molecule has 1 aliphatic rings. The van der Waals surface area contributed by atoms with Gasteiger partial charge >= 0.3 is 12.4 Å². The molecule has 2 N–H and O–H groups in total. The molecule has 2 heterocycles. The van der Waals surface area contributed by atoms with Gasteiger partial charge in [-0.15, -0.1) is 18.3 Å².